The molecule has 2 rings (SSSR count). The van der Waals surface area contributed by atoms with Crippen LogP contribution >= 0.6 is 0 Å². The monoisotopic (exact) mass is 317 g/mol. The Hall–Kier alpha value is -2.13. The zero-order chi connectivity index (χ0) is 16.8. The minimum Gasteiger partial charge on any atom is -0.381 e. The summed E-state index contributed by atoms with van der Waals surface area (Å²) in [6.07, 6.45) is 4.19. The first-order chi connectivity index (χ1) is 11.1. The number of rotatable bonds is 6. The number of nitro groups is 1. The fourth-order valence-electron chi connectivity index (χ4n) is 3.19. The normalized spacial score (nSPS) is 21.0. The van der Waals surface area contributed by atoms with Gasteiger partial charge >= 0.3 is 0 Å². The summed E-state index contributed by atoms with van der Waals surface area (Å²) >= 11 is 0. The molecular formula is C17H23N3O3. The summed E-state index contributed by atoms with van der Waals surface area (Å²) in [4.78, 5) is 10.3. The van der Waals surface area contributed by atoms with Crippen LogP contribution in [0.15, 0.2) is 18.2 Å². The lowest BCUT2D eigenvalue weighted by Crippen LogP contribution is -2.38. The maximum absolute atomic E-state index is 10.8. The van der Waals surface area contributed by atoms with Crippen molar-refractivity contribution in [2.45, 2.75) is 51.7 Å². The number of nitrogens with one attached hydrogen (secondary N) is 1. The minimum absolute atomic E-state index is 0.0611. The Bertz CT molecular complexity index is 593. The van der Waals surface area contributed by atoms with Gasteiger partial charge in [0, 0.05) is 24.8 Å². The van der Waals surface area contributed by atoms with Gasteiger partial charge in [0.1, 0.15) is 6.07 Å². The first kappa shape index (κ1) is 17.2. The molecule has 1 N–H and O–H groups in total. The van der Waals surface area contributed by atoms with E-state index in [1.807, 2.05) is 6.07 Å². The largest absolute Gasteiger partial charge is 0.381 e. The summed E-state index contributed by atoms with van der Waals surface area (Å²) in [6.45, 7) is 5.06. The fourth-order valence-corrected chi connectivity index (χ4v) is 3.19. The molecule has 0 radical (unpaired) electrons. The molecule has 0 amide bonds. The number of hydrogen-bond donors (Lipinski definition) is 1. The van der Waals surface area contributed by atoms with Gasteiger partial charge in [-0.3, -0.25) is 10.1 Å². The van der Waals surface area contributed by atoms with Crippen LogP contribution in [-0.4, -0.2) is 23.7 Å². The molecule has 6 nitrogen and oxygen atoms in total. The van der Waals surface area contributed by atoms with Crippen molar-refractivity contribution in [3.63, 3.8) is 0 Å². The molecule has 0 aliphatic carbocycles. The van der Waals surface area contributed by atoms with Crippen LogP contribution < -0.4 is 5.32 Å². The van der Waals surface area contributed by atoms with Gasteiger partial charge < -0.3 is 10.1 Å². The number of nitriles is 1. The molecule has 23 heavy (non-hydrogen) atoms. The average Bonchev–Trinajstić information content (AvgIpc) is 2.56. The Balaban J connectivity index is 2.09. The topological polar surface area (TPSA) is 88.2 Å². The molecule has 1 saturated heterocycles. The summed E-state index contributed by atoms with van der Waals surface area (Å²) in [6, 6.07) is 6.64. The van der Waals surface area contributed by atoms with E-state index < -0.39 is 4.92 Å². The van der Waals surface area contributed by atoms with Crippen molar-refractivity contribution < 1.29 is 9.66 Å². The van der Waals surface area contributed by atoms with Crippen LogP contribution in [0, 0.1) is 27.4 Å². The molecular weight excluding hydrogens is 294 g/mol. The van der Waals surface area contributed by atoms with Crippen molar-refractivity contribution in [1.82, 2.24) is 0 Å². The van der Waals surface area contributed by atoms with Gasteiger partial charge in [-0.15, -0.1) is 0 Å². The third-order valence-electron chi connectivity index (χ3n) is 4.58. The maximum Gasteiger partial charge on any atom is 0.270 e. The molecule has 2 unspecified atom stereocenters. The Morgan fingerprint density at radius 1 is 1.48 bits per heavy atom. The molecule has 6 heteroatoms. The summed E-state index contributed by atoms with van der Waals surface area (Å²) in [7, 11) is 0. The Kier molecular flexibility index (Phi) is 5.94. The lowest BCUT2D eigenvalue weighted by molar-refractivity contribution is -0.384. The SMILES string of the molecule is CCC(CC)C1CC(Nc2ccc([N+](=O)[O-])cc2C#N)CCO1. The number of anilines is 1. The second-order valence-electron chi connectivity index (χ2n) is 5.95. The van der Waals surface area contributed by atoms with Crippen LogP contribution in [0.5, 0.6) is 0 Å². The Morgan fingerprint density at radius 3 is 2.83 bits per heavy atom. The van der Waals surface area contributed by atoms with Gasteiger partial charge in [0.2, 0.25) is 0 Å². The summed E-state index contributed by atoms with van der Waals surface area (Å²) in [5.74, 6) is 0.548. The van der Waals surface area contributed by atoms with E-state index in [1.165, 1.54) is 12.1 Å². The summed E-state index contributed by atoms with van der Waals surface area (Å²) in [5.41, 5.74) is 0.909. The molecule has 0 aromatic heterocycles. The van der Waals surface area contributed by atoms with Crippen molar-refractivity contribution in [1.29, 1.82) is 5.26 Å². The quantitative estimate of drug-likeness (QED) is 0.635. The molecule has 124 valence electrons. The van der Waals surface area contributed by atoms with Crippen LogP contribution in [0.2, 0.25) is 0 Å². The van der Waals surface area contributed by atoms with Crippen molar-refractivity contribution in [2.75, 3.05) is 11.9 Å². The number of nitro benzene ring substituents is 1. The van der Waals surface area contributed by atoms with Crippen LogP contribution in [0.4, 0.5) is 11.4 Å². The van der Waals surface area contributed by atoms with Crippen molar-refractivity contribution in [3.8, 4) is 6.07 Å². The van der Waals surface area contributed by atoms with E-state index in [0.717, 1.165) is 25.7 Å². The number of hydrogen-bond acceptors (Lipinski definition) is 5. The van der Waals surface area contributed by atoms with E-state index in [9.17, 15) is 15.4 Å². The molecule has 0 saturated carbocycles. The summed E-state index contributed by atoms with van der Waals surface area (Å²) < 4.78 is 5.90. The van der Waals surface area contributed by atoms with Gasteiger partial charge in [0.05, 0.1) is 22.3 Å². The first-order valence-corrected chi connectivity index (χ1v) is 8.15. The zero-order valence-corrected chi connectivity index (χ0v) is 13.6. The van der Waals surface area contributed by atoms with Gasteiger partial charge in [-0.25, -0.2) is 0 Å². The number of ether oxygens (including phenoxy) is 1. The lowest BCUT2D eigenvalue weighted by atomic mass is 9.89. The van der Waals surface area contributed by atoms with Gasteiger partial charge in [0.25, 0.3) is 5.69 Å². The van der Waals surface area contributed by atoms with Crippen molar-refractivity contribution in [2.24, 2.45) is 5.92 Å². The molecule has 1 heterocycles. The predicted octanol–water partition coefficient (Wildman–Crippen LogP) is 3.86. The van der Waals surface area contributed by atoms with Gasteiger partial charge in [-0.05, 0) is 24.8 Å². The van der Waals surface area contributed by atoms with Crippen LogP contribution in [-0.2, 0) is 4.74 Å². The second kappa shape index (κ2) is 7.93. The smallest absolute Gasteiger partial charge is 0.270 e. The highest BCUT2D eigenvalue weighted by atomic mass is 16.6. The third kappa shape index (κ3) is 4.20. The standard InChI is InChI=1S/C17H23N3O3/c1-3-12(4-2)17-10-14(7-8-23-17)19-16-6-5-15(20(21)22)9-13(16)11-18/h5-6,9,12,14,17,19H,3-4,7-8,10H2,1-2H3. The van der Waals surface area contributed by atoms with Crippen LogP contribution in [0.3, 0.4) is 0 Å². The fraction of sp³-hybridized carbons (Fsp3) is 0.588. The Morgan fingerprint density at radius 2 is 2.22 bits per heavy atom. The molecule has 0 spiro atoms. The van der Waals surface area contributed by atoms with E-state index in [4.69, 9.17) is 4.74 Å². The maximum atomic E-state index is 10.8. The molecule has 1 aliphatic rings. The molecule has 1 aromatic carbocycles. The number of benzene rings is 1. The highest BCUT2D eigenvalue weighted by Crippen LogP contribution is 2.28. The van der Waals surface area contributed by atoms with E-state index in [2.05, 4.69) is 19.2 Å². The van der Waals surface area contributed by atoms with Gasteiger partial charge in [-0.1, -0.05) is 26.7 Å². The summed E-state index contributed by atoms with van der Waals surface area (Å²) in [5, 5.41) is 23.4. The predicted molar refractivity (Wildman–Crippen MR) is 88.3 cm³/mol. The molecule has 0 bridgehead atoms. The van der Waals surface area contributed by atoms with E-state index >= 15 is 0 Å². The van der Waals surface area contributed by atoms with Crippen LogP contribution in [0.1, 0.15) is 45.1 Å². The highest BCUT2D eigenvalue weighted by Gasteiger charge is 2.28. The van der Waals surface area contributed by atoms with Gasteiger partial charge in [0.15, 0.2) is 0 Å². The zero-order valence-electron chi connectivity index (χ0n) is 13.6. The highest BCUT2D eigenvalue weighted by molar-refractivity contribution is 5.61. The van der Waals surface area contributed by atoms with E-state index in [0.29, 0.717) is 23.8 Å². The second-order valence-corrected chi connectivity index (χ2v) is 5.95. The van der Waals surface area contributed by atoms with E-state index in [1.54, 1.807) is 6.07 Å². The molecule has 1 aromatic rings. The molecule has 1 aliphatic heterocycles. The number of non-ortho nitro benzene ring substituents is 1. The molecule has 2 atom stereocenters. The van der Waals surface area contributed by atoms with E-state index in [-0.39, 0.29) is 17.8 Å². The number of nitrogens with zero attached hydrogens (tertiary/aromatic N) is 2. The van der Waals surface area contributed by atoms with Crippen molar-refractivity contribution in [3.05, 3.63) is 33.9 Å². The first-order valence-electron chi connectivity index (χ1n) is 8.15. The minimum atomic E-state index is -0.484. The third-order valence-corrected chi connectivity index (χ3v) is 4.58. The molecule has 1 fully saturated rings. The van der Waals surface area contributed by atoms with Gasteiger partial charge in [-0.2, -0.15) is 5.26 Å². The Labute approximate surface area is 136 Å². The average molecular weight is 317 g/mol. The lowest BCUT2D eigenvalue weighted by Gasteiger charge is -2.35. The van der Waals surface area contributed by atoms with Crippen molar-refractivity contribution >= 4 is 11.4 Å². The van der Waals surface area contributed by atoms with Crippen LogP contribution in [0.25, 0.3) is 0 Å².